The fourth-order valence-corrected chi connectivity index (χ4v) is 4.45. The van der Waals surface area contributed by atoms with Crippen molar-refractivity contribution >= 4 is 11.6 Å². The molecule has 1 unspecified atom stereocenters. The van der Waals surface area contributed by atoms with E-state index in [1.165, 1.54) is 6.20 Å². The number of hydrogen-bond acceptors (Lipinski definition) is 2. The molecule has 2 aromatic rings. The maximum Gasteiger partial charge on any atom is 0.257 e. The number of carbonyl (C=O) groups is 1. The van der Waals surface area contributed by atoms with Gasteiger partial charge in [0.2, 0.25) is 6.43 Å². The molecule has 0 fully saturated rings. The molecule has 5 heteroatoms. The second kappa shape index (κ2) is 7.37. The van der Waals surface area contributed by atoms with Gasteiger partial charge in [-0.1, -0.05) is 39.8 Å². The van der Waals surface area contributed by atoms with E-state index in [2.05, 4.69) is 10.3 Å². The van der Waals surface area contributed by atoms with Crippen molar-refractivity contribution in [3.63, 3.8) is 0 Å². The molecule has 27 heavy (non-hydrogen) atoms. The first-order valence-electron chi connectivity index (χ1n) is 9.36. The molecule has 144 valence electrons. The minimum absolute atomic E-state index is 0.278. The molecular weight excluding hydrogens is 346 g/mol. The number of benzene rings is 1. The Morgan fingerprint density at radius 2 is 1.96 bits per heavy atom. The van der Waals surface area contributed by atoms with Crippen molar-refractivity contribution in [2.75, 3.05) is 5.32 Å². The van der Waals surface area contributed by atoms with Crippen LogP contribution in [0.2, 0.25) is 0 Å². The molecule has 0 saturated heterocycles. The summed E-state index contributed by atoms with van der Waals surface area (Å²) < 4.78 is 28.1. The Balaban J connectivity index is 2.05. The molecule has 1 aromatic carbocycles. The van der Waals surface area contributed by atoms with E-state index in [0.717, 1.165) is 11.1 Å². The maximum absolute atomic E-state index is 14.1. The average molecular weight is 372 g/mol. The fraction of sp³-hybridized carbons (Fsp3) is 0.455. The number of fused-ring (bicyclic) bond motifs is 1. The summed E-state index contributed by atoms with van der Waals surface area (Å²) in [6, 6.07) is 8.94. The topological polar surface area (TPSA) is 42.0 Å². The van der Waals surface area contributed by atoms with Crippen LogP contribution in [0.4, 0.5) is 14.5 Å². The van der Waals surface area contributed by atoms with Crippen molar-refractivity contribution in [2.24, 2.45) is 11.8 Å². The van der Waals surface area contributed by atoms with Gasteiger partial charge in [0.25, 0.3) is 5.91 Å². The number of pyridine rings is 1. The number of rotatable bonds is 5. The smallest absolute Gasteiger partial charge is 0.257 e. The summed E-state index contributed by atoms with van der Waals surface area (Å²) in [5, 5.41) is 2.94. The lowest BCUT2D eigenvalue weighted by atomic mass is 9.74. The number of nitrogens with zero attached hydrogens (tertiary/aromatic N) is 1. The van der Waals surface area contributed by atoms with Crippen molar-refractivity contribution in [3.8, 4) is 0 Å². The van der Waals surface area contributed by atoms with Gasteiger partial charge in [0, 0.05) is 24.0 Å². The third kappa shape index (κ3) is 3.60. The number of aromatic nitrogens is 1. The highest BCUT2D eigenvalue weighted by molar-refractivity contribution is 6.04. The minimum Gasteiger partial charge on any atom is -0.322 e. The predicted molar refractivity (Wildman–Crippen MR) is 103 cm³/mol. The van der Waals surface area contributed by atoms with E-state index in [1.807, 2.05) is 45.9 Å². The van der Waals surface area contributed by atoms with Crippen LogP contribution in [0, 0.1) is 11.8 Å². The van der Waals surface area contributed by atoms with E-state index < -0.39 is 17.8 Å². The van der Waals surface area contributed by atoms with Crippen LogP contribution in [0.15, 0.2) is 42.7 Å². The van der Waals surface area contributed by atoms with Gasteiger partial charge in [-0.25, -0.2) is 8.78 Å². The Hall–Kier alpha value is -2.30. The molecule has 1 aliphatic carbocycles. The van der Waals surface area contributed by atoms with Crippen LogP contribution in [-0.4, -0.2) is 17.3 Å². The molecule has 1 N–H and O–H groups in total. The Labute approximate surface area is 159 Å². The monoisotopic (exact) mass is 372 g/mol. The second-order valence-electron chi connectivity index (χ2n) is 8.28. The van der Waals surface area contributed by atoms with E-state index in [9.17, 15) is 13.6 Å². The first-order chi connectivity index (χ1) is 12.7. The first-order valence-corrected chi connectivity index (χ1v) is 9.36. The van der Waals surface area contributed by atoms with Gasteiger partial charge in [-0.2, -0.15) is 0 Å². The number of nitrogens with one attached hydrogen (secondary N) is 1. The highest BCUT2D eigenvalue weighted by Gasteiger charge is 2.51. The van der Waals surface area contributed by atoms with Crippen molar-refractivity contribution in [1.82, 2.24) is 4.98 Å². The van der Waals surface area contributed by atoms with Crippen molar-refractivity contribution in [3.05, 3.63) is 59.4 Å². The summed E-state index contributed by atoms with van der Waals surface area (Å²) in [6.45, 7) is 7.86. The van der Waals surface area contributed by atoms with Crippen LogP contribution >= 0.6 is 0 Å². The SMILES string of the molecule is CC(C)C[C@H]1c2c(NC(=O)c3cccnc3)cccc2C(C)(C)C1C(F)F. The first kappa shape index (κ1) is 19.5. The molecule has 2 atom stereocenters. The molecule has 0 spiro atoms. The van der Waals surface area contributed by atoms with Crippen LogP contribution in [0.3, 0.4) is 0 Å². The fourth-order valence-electron chi connectivity index (χ4n) is 4.45. The largest absolute Gasteiger partial charge is 0.322 e. The molecular formula is C22H26F2N2O. The van der Waals surface area contributed by atoms with Gasteiger partial charge in [0.15, 0.2) is 0 Å². The number of amides is 1. The Bertz CT molecular complexity index is 818. The summed E-state index contributed by atoms with van der Waals surface area (Å²) in [5.74, 6) is -1.06. The highest BCUT2D eigenvalue weighted by Crippen LogP contribution is 2.56. The van der Waals surface area contributed by atoms with E-state index in [-0.39, 0.29) is 17.7 Å². The maximum atomic E-state index is 14.1. The molecule has 0 radical (unpaired) electrons. The van der Waals surface area contributed by atoms with Crippen LogP contribution in [0.5, 0.6) is 0 Å². The summed E-state index contributed by atoms with van der Waals surface area (Å²) in [4.78, 5) is 16.6. The van der Waals surface area contributed by atoms with Crippen molar-refractivity contribution in [1.29, 1.82) is 0 Å². The minimum atomic E-state index is -2.42. The molecule has 0 saturated carbocycles. The quantitative estimate of drug-likeness (QED) is 0.738. The van der Waals surface area contributed by atoms with E-state index in [4.69, 9.17) is 0 Å². The lowest BCUT2D eigenvalue weighted by Crippen LogP contribution is -2.32. The van der Waals surface area contributed by atoms with Crippen LogP contribution in [0.25, 0.3) is 0 Å². The summed E-state index contributed by atoms with van der Waals surface area (Å²) in [6.07, 6.45) is 1.34. The zero-order valence-corrected chi connectivity index (χ0v) is 16.2. The summed E-state index contributed by atoms with van der Waals surface area (Å²) >= 11 is 0. The third-order valence-electron chi connectivity index (χ3n) is 5.61. The molecule has 3 rings (SSSR count). The van der Waals surface area contributed by atoms with E-state index in [1.54, 1.807) is 18.3 Å². The van der Waals surface area contributed by atoms with Gasteiger partial charge < -0.3 is 5.32 Å². The Kier molecular flexibility index (Phi) is 5.31. The number of anilines is 1. The molecule has 0 bridgehead atoms. The lowest BCUT2D eigenvalue weighted by molar-refractivity contribution is 0.0287. The lowest BCUT2D eigenvalue weighted by Gasteiger charge is -2.31. The summed E-state index contributed by atoms with van der Waals surface area (Å²) in [5.41, 5.74) is 2.18. The van der Waals surface area contributed by atoms with Crippen molar-refractivity contribution in [2.45, 2.75) is 51.9 Å². The normalized spacial score (nSPS) is 20.7. The predicted octanol–water partition coefficient (Wildman–Crippen LogP) is 5.64. The molecule has 1 heterocycles. The molecule has 1 aromatic heterocycles. The van der Waals surface area contributed by atoms with Crippen LogP contribution in [-0.2, 0) is 5.41 Å². The zero-order chi connectivity index (χ0) is 19.8. The van der Waals surface area contributed by atoms with Crippen LogP contribution in [0.1, 0.15) is 61.5 Å². The second-order valence-corrected chi connectivity index (χ2v) is 8.28. The zero-order valence-electron chi connectivity index (χ0n) is 16.2. The Morgan fingerprint density at radius 1 is 1.22 bits per heavy atom. The average Bonchev–Trinajstić information content (AvgIpc) is 2.83. The standard InChI is InChI=1S/C22H26F2N2O/c1-13(2)11-15-18-16(22(3,4)19(15)20(23)24)8-5-9-17(18)26-21(27)14-7-6-10-25-12-14/h5-10,12-13,15,19-20H,11H2,1-4H3,(H,26,27)/t15-,19?/m0/s1. The molecule has 3 nitrogen and oxygen atoms in total. The number of halogens is 2. The van der Waals surface area contributed by atoms with Gasteiger partial charge in [-0.15, -0.1) is 0 Å². The molecule has 1 amide bonds. The van der Waals surface area contributed by atoms with Gasteiger partial charge in [0.1, 0.15) is 0 Å². The Morgan fingerprint density at radius 3 is 2.56 bits per heavy atom. The van der Waals surface area contributed by atoms with Gasteiger partial charge in [-0.05, 0) is 53.0 Å². The van der Waals surface area contributed by atoms with E-state index in [0.29, 0.717) is 17.7 Å². The summed E-state index contributed by atoms with van der Waals surface area (Å²) in [7, 11) is 0. The van der Waals surface area contributed by atoms with Crippen LogP contribution < -0.4 is 5.32 Å². The molecule has 1 aliphatic rings. The molecule has 0 aliphatic heterocycles. The van der Waals surface area contributed by atoms with E-state index >= 15 is 0 Å². The van der Waals surface area contributed by atoms with Gasteiger partial charge in [-0.3, -0.25) is 9.78 Å². The number of carbonyl (C=O) groups excluding carboxylic acids is 1. The van der Waals surface area contributed by atoms with Crippen molar-refractivity contribution < 1.29 is 13.6 Å². The van der Waals surface area contributed by atoms with Gasteiger partial charge in [0.05, 0.1) is 5.56 Å². The van der Waals surface area contributed by atoms with Gasteiger partial charge >= 0.3 is 0 Å². The highest BCUT2D eigenvalue weighted by atomic mass is 19.3. The number of alkyl halides is 2. The third-order valence-corrected chi connectivity index (χ3v) is 5.61. The number of hydrogen-bond donors (Lipinski definition) is 1.